The maximum atomic E-state index is 13.2. The maximum Gasteiger partial charge on any atom is 0.256 e. The number of methoxy groups -OCH3 is 3. The van der Waals surface area contributed by atoms with Crippen LogP contribution in [0.3, 0.4) is 0 Å². The molecule has 9 nitrogen and oxygen atoms in total. The van der Waals surface area contributed by atoms with Crippen LogP contribution in [0.1, 0.15) is 37.9 Å². The molecule has 1 aliphatic rings. The third-order valence-electron chi connectivity index (χ3n) is 6.15. The molecule has 1 aliphatic heterocycles. The molecular weight excluding hydrogens is 474 g/mol. The van der Waals surface area contributed by atoms with Crippen molar-refractivity contribution in [1.29, 1.82) is 0 Å². The van der Waals surface area contributed by atoms with Crippen LogP contribution in [0, 0.1) is 6.92 Å². The highest BCUT2D eigenvalue weighted by Crippen LogP contribution is 2.38. The SMILES string of the molecule is COc1cc(C(=O)Nc2cc(NC(=O)c3ccccc3C3CNCCO3)ccc2C)cc(OC)c1OC. The standard InChI is InChI=1S/C28H31N3O6/c1-17-9-10-19(30-28(33)21-8-6-5-7-20(21)25-16-29-11-12-37-25)15-22(17)31-27(32)18-13-23(34-2)26(36-4)24(14-18)35-3/h5-10,13-15,25,29H,11-12,16H2,1-4H3,(H,30,33)(H,31,32). The number of nitrogens with one attached hydrogen (secondary N) is 3. The number of hydrogen-bond donors (Lipinski definition) is 3. The summed E-state index contributed by atoms with van der Waals surface area (Å²) in [5.41, 5.74) is 3.65. The number of carbonyl (C=O) groups is 2. The smallest absolute Gasteiger partial charge is 0.256 e. The Bertz CT molecular complexity index is 1260. The highest BCUT2D eigenvalue weighted by Gasteiger charge is 2.22. The van der Waals surface area contributed by atoms with Crippen molar-refractivity contribution in [3.63, 3.8) is 0 Å². The largest absolute Gasteiger partial charge is 0.493 e. The fourth-order valence-electron chi connectivity index (χ4n) is 4.19. The lowest BCUT2D eigenvalue weighted by Crippen LogP contribution is -2.34. The van der Waals surface area contributed by atoms with E-state index in [0.717, 1.165) is 17.7 Å². The van der Waals surface area contributed by atoms with Crippen molar-refractivity contribution in [1.82, 2.24) is 5.32 Å². The molecule has 37 heavy (non-hydrogen) atoms. The van der Waals surface area contributed by atoms with Crippen LogP contribution in [0.5, 0.6) is 17.2 Å². The van der Waals surface area contributed by atoms with Gasteiger partial charge in [0, 0.05) is 35.6 Å². The first-order valence-corrected chi connectivity index (χ1v) is 11.9. The molecule has 9 heteroatoms. The second kappa shape index (κ2) is 11.8. The van der Waals surface area contributed by atoms with Crippen molar-refractivity contribution >= 4 is 23.2 Å². The van der Waals surface area contributed by atoms with Gasteiger partial charge in [0.25, 0.3) is 11.8 Å². The lowest BCUT2D eigenvalue weighted by molar-refractivity contribution is 0.0271. The minimum absolute atomic E-state index is 0.193. The van der Waals surface area contributed by atoms with Gasteiger partial charge in [-0.15, -0.1) is 0 Å². The molecule has 2 amide bonds. The fraction of sp³-hybridized carbons (Fsp3) is 0.286. The predicted molar refractivity (Wildman–Crippen MR) is 141 cm³/mol. The van der Waals surface area contributed by atoms with Gasteiger partial charge in [-0.1, -0.05) is 24.3 Å². The van der Waals surface area contributed by atoms with Gasteiger partial charge in [-0.05, 0) is 48.4 Å². The molecule has 0 bridgehead atoms. The Morgan fingerprint density at radius 3 is 2.30 bits per heavy atom. The van der Waals surface area contributed by atoms with E-state index in [-0.39, 0.29) is 17.9 Å². The summed E-state index contributed by atoms with van der Waals surface area (Å²) in [5.74, 6) is 0.534. The number of aryl methyl sites for hydroxylation is 1. The Balaban J connectivity index is 1.54. The number of morpholine rings is 1. The van der Waals surface area contributed by atoms with E-state index >= 15 is 0 Å². The maximum absolute atomic E-state index is 13.2. The first kappa shape index (κ1) is 26.0. The van der Waals surface area contributed by atoms with E-state index < -0.39 is 0 Å². The molecule has 0 aromatic heterocycles. The number of amides is 2. The molecule has 1 saturated heterocycles. The zero-order valence-electron chi connectivity index (χ0n) is 21.3. The molecule has 0 aliphatic carbocycles. The molecule has 1 fully saturated rings. The van der Waals surface area contributed by atoms with Crippen LogP contribution in [0.2, 0.25) is 0 Å². The third kappa shape index (κ3) is 5.84. The van der Waals surface area contributed by atoms with Gasteiger partial charge in [-0.2, -0.15) is 0 Å². The van der Waals surface area contributed by atoms with Gasteiger partial charge in [0.1, 0.15) is 0 Å². The number of carbonyl (C=O) groups excluding carboxylic acids is 2. The van der Waals surface area contributed by atoms with Crippen LogP contribution in [0.15, 0.2) is 54.6 Å². The fourth-order valence-corrected chi connectivity index (χ4v) is 4.19. The number of ether oxygens (including phenoxy) is 4. The lowest BCUT2D eigenvalue weighted by atomic mass is 10.0. The zero-order valence-corrected chi connectivity index (χ0v) is 21.3. The average Bonchev–Trinajstić information content (AvgIpc) is 2.94. The molecule has 0 radical (unpaired) electrons. The Morgan fingerprint density at radius 1 is 0.919 bits per heavy atom. The molecule has 0 saturated carbocycles. The number of hydrogen-bond acceptors (Lipinski definition) is 7. The predicted octanol–water partition coefficient (Wildman–Crippen LogP) is 4.19. The second-order valence-electron chi connectivity index (χ2n) is 8.50. The number of benzene rings is 3. The number of anilines is 2. The van der Waals surface area contributed by atoms with Gasteiger partial charge in [-0.25, -0.2) is 0 Å². The van der Waals surface area contributed by atoms with Crippen LogP contribution in [-0.2, 0) is 4.74 Å². The first-order chi connectivity index (χ1) is 17.9. The average molecular weight is 506 g/mol. The summed E-state index contributed by atoms with van der Waals surface area (Å²) < 4.78 is 21.9. The summed E-state index contributed by atoms with van der Waals surface area (Å²) in [6.07, 6.45) is -0.193. The van der Waals surface area contributed by atoms with E-state index in [0.29, 0.717) is 52.9 Å². The second-order valence-corrected chi connectivity index (χ2v) is 8.50. The summed E-state index contributed by atoms with van der Waals surface area (Å²) in [5, 5.41) is 9.16. The minimum Gasteiger partial charge on any atom is -0.493 e. The molecule has 3 aromatic carbocycles. The van der Waals surface area contributed by atoms with Crippen molar-refractivity contribution < 1.29 is 28.5 Å². The zero-order chi connectivity index (χ0) is 26.4. The van der Waals surface area contributed by atoms with Crippen molar-refractivity contribution in [3.05, 3.63) is 76.9 Å². The van der Waals surface area contributed by atoms with Gasteiger partial charge in [0.2, 0.25) is 5.75 Å². The van der Waals surface area contributed by atoms with Crippen molar-refractivity contribution in [3.8, 4) is 17.2 Å². The molecule has 4 rings (SSSR count). The van der Waals surface area contributed by atoms with E-state index in [1.165, 1.54) is 21.3 Å². The first-order valence-electron chi connectivity index (χ1n) is 11.9. The Kier molecular flexibility index (Phi) is 8.27. The van der Waals surface area contributed by atoms with E-state index in [1.807, 2.05) is 31.2 Å². The monoisotopic (exact) mass is 505 g/mol. The van der Waals surface area contributed by atoms with Gasteiger partial charge in [-0.3, -0.25) is 9.59 Å². The highest BCUT2D eigenvalue weighted by molar-refractivity contribution is 6.07. The lowest BCUT2D eigenvalue weighted by Gasteiger charge is -2.25. The van der Waals surface area contributed by atoms with Crippen LogP contribution >= 0.6 is 0 Å². The molecule has 0 spiro atoms. The van der Waals surface area contributed by atoms with Crippen molar-refractivity contribution in [2.24, 2.45) is 0 Å². The van der Waals surface area contributed by atoms with Crippen molar-refractivity contribution in [2.75, 3.05) is 51.7 Å². The van der Waals surface area contributed by atoms with Crippen LogP contribution in [0.4, 0.5) is 11.4 Å². The van der Waals surface area contributed by atoms with E-state index in [1.54, 1.807) is 30.3 Å². The minimum atomic E-state index is -0.363. The molecule has 1 atom stereocenters. The Morgan fingerprint density at radius 2 is 1.65 bits per heavy atom. The topological polar surface area (TPSA) is 107 Å². The molecular formula is C28H31N3O6. The van der Waals surface area contributed by atoms with Gasteiger partial charge >= 0.3 is 0 Å². The van der Waals surface area contributed by atoms with Gasteiger partial charge in [0.15, 0.2) is 11.5 Å². The normalized spacial score (nSPS) is 15.0. The summed E-state index contributed by atoms with van der Waals surface area (Å²) in [6.45, 7) is 3.90. The Labute approximate surface area is 216 Å². The van der Waals surface area contributed by atoms with E-state index in [4.69, 9.17) is 18.9 Å². The summed E-state index contributed by atoms with van der Waals surface area (Å²) >= 11 is 0. The molecule has 194 valence electrons. The van der Waals surface area contributed by atoms with Crippen LogP contribution < -0.4 is 30.2 Å². The quantitative estimate of drug-likeness (QED) is 0.422. The molecule has 3 N–H and O–H groups in total. The summed E-state index contributed by atoms with van der Waals surface area (Å²) in [4.78, 5) is 26.3. The summed E-state index contributed by atoms with van der Waals surface area (Å²) in [6, 6.07) is 15.9. The van der Waals surface area contributed by atoms with Crippen LogP contribution in [0.25, 0.3) is 0 Å². The van der Waals surface area contributed by atoms with E-state index in [9.17, 15) is 9.59 Å². The third-order valence-corrected chi connectivity index (χ3v) is 6.15. The molecule has 1 unspecified atom stereocenters. The van der Waals surface area contributed by atoms with Crippen molar-refractivity contribution in [2.45, 2.75) is 13.0 Å². The van der Waals surface area contributed by atoms with Crippen LogP contribution in [-0.4, -0.2) is 52.8 Å². The highest BCUT2D eigenvalue weighted by atomic mass is 16.5. The molecule has 1 heterocycles. The molecule has 3 aromatic rings. The van der Waals surface area contributed by atoms with Gasteiger partial charge in [0.05, 0.1) is 34.0 Å². The summed E-state index contributed by atoms with van der Waals surface area (Å²) in [7, 11) is 4.48. The van der Waals surface area contributed by atoms with Gasteiger partial charge < -0.3 is 34.9 Å². The number of rotatable bonds is 8. The Hall–Kier alpha value is -4.08. The van der Waals surface area contributed by atoms with E-state index in [2.05, 4.69) is 16.0 Å².